The Morgan fingerprint density at radius 2 is 1.87 bits per heavy atom. The Hall–Kier alpha value is -1.06. The predicted octanol–water partition coefficient (Wildman–Crippen LogP) is 0.712. The normalized spacial score (nSPS) is 32.7. The summed E-state index contributed by atoms with van der Waals surface area (Å²) >= 11 is 0. The van der Waals surface area contributed by atoms with Gasteiger partial charge in [0.05, 0.1) is 7.11 Å². The number of rotatable bonds is 3. The van der Waals surface area contributed by atoms with Crippen molar-refractivity contribution in [2.24, 2.45) is 17.8 Å². The molecule has 0 saturated heterocycles. The van der Waals surface area contributed by atoms with Gasteiger partial charge in [0.15, 0.2) is 0 Å². The van der Waals surface area contributed by atoms with Crippen LogP contribution in [0.15, 0.2) is 0 Å². The highest BCUT2D eigenvalue weighted by Crippen LogP contribution is 2.55. The summed E-state index contributed by atoms with van der Waals surface area (Å²) in [7, 11) is 1.32. The molecule has 15 heavy (non-hydrogen) atoms. The van der Waals surface area contributed by atoms with Crippen molar-refractivity contribution >= 4 is 11.9 Å². The number of nitrogens with one attached hydrogen (secondary N) is 1. The molecule has 0 spiro atoms. The molecule has 2 atom stereocenters. The largest absolute Gasteiger partial charge is 0.468 e. The molecular formula is C11H17NO3. The minimum atomic E-state index is -0.382. The van der Waals surface area contributed by atoms with Crippen LogP contribution in [0.5, 0.6) is 0 Å². The first-order valence-corrected chi connectivity index (χ1v) is 5.58. The van der Waals surface area contributed by atoms with E-state index < -0.39 is 0 Å². The molecule has 2 unspecified atom stereocenters. The molecule has 0 heterocycles. The molecule has 4 heteroatoms. The second kappa shape index (κ2) is 4.21. The quantitative estimate of drug-likeness (QED) is 0.699. The number of hydrogen-bond acceptors (Lipinski definition) is 3. The Balaban J connectivity index is 1.75. The molecule has 0 aromatic carbocycles. The summed E-state index contributed by atoms with van der Waals surface area (Å²) < 4.78 is 4.47. The fourth-order valence-corrected chi connectivity index (χ4v) is 2.73. The molecule has 2 fully saturated rings. The molecule has 0 bridgehead atoms. The average Bonchev–Trinajstić information content (AvgIpc) is 2.99. The van der Waals surface area contributed by atoms with Crippen molar-refractivity contribution in [2.75, 3.05) is 13.7 Å². The zero-order valence-corrected chi connectivity index (χ0v) is 8.99. The number of methoxy groups -OCH3 is 1. The molecule has 2 saturated carbocycles. The van der Waals surface area contributed by atoms with Gasteiger partial charge in [-0.05, 0) is 24.7 Å². The lowest BCUT2D eigenvalue weighted by Gasteiger charge is -2.04. The Labute approximate surface area is 89.4 Å². The highest BCUT2D eigenvalue weighted by atomic mass is 16.5. The molecule has 1 N–H and O–H groups in total. The van der Waals surface area contributed by atoms with E-state index in [0.717, 1.165) is 0 Å². The fourth-order valence-electron chi connectivity index (χ4n) is 2.73. The van der Waals surface area contributed by atoms with Crippen molar-refractivity contribution < 1.29 is 14.3 Å². The number of carbonyl (C=O) groups excluding carboxylic acids is 2. The number of esters is 1. The SMILES string of the molecule is COC(=O)CNC(=O)C1C2CCCCC21. The monoisotopic (exact) mass is 211 g/mol. The molecule has 2 aliphatic rings. The lowest BCUT2D eigenvalue weighted by Crippen LogP contribution is -2.32. The van der Waals surface area contributed by atoms with E-state index in [9.17, 15) is 9.59 Å². The van der Waals surface area contributed by atoms with E-state index in [1.54, 1.807) is 0 Å². The minimum Gasteiger partial charge on any atom is -0.468 e. The number of fused-ring (bicyclic) bond motifs is 1. The number of amides is 1. The van der Waals surface area contributed by atoms with Crippen LogP contribution < -0.4 is 5.32 Å². The van der Waals surface area contributed by atoms with Crippen molar-refractivity contribution in [2.45, 2.75) is 25.7 Å². The number of carbonyl (C=O) groups is 2. The Kier molecular flexibility index (Phi) is 2.93. The van der Waals surface area contributed by atoms with E-state index >= 15 is 0 Å². The van der Waals surface area contributed by atoms with E-state index in [1.807, 2.05) is 0 Å². The van der Waals surface area contributed by atoms with Gasteiger partial charge in [0.1, 0.15) is 6.54 Å². The van der Waals surface area contributed by atoms with Gasteiger partial charge in [0, 0.05) is 5.92 Å². The Bertz CT molecular complexity index is 265. The molecule has 0 radical (unpaired) electrons. The standard InChI is InChI=1S/C11H17NO3/c1-15-9(13)6-12-11(14)10-7-4-2-3-5-8(7)10/h7-8,10H,2-6H2,1H3,(H,12,14). The van der Waals surface area contributed by atoms with Crippen LogP contribution in [0.25, 0.3) is 0 Å². The summed E-state index contributed by atoms with van der Waals surface area (Å²) in [6.07, 6.45) is 4.87. The van der Waals surface area contributed by atoms with Crippen molar-refractivity contribution in [1.29, 1.82) is 0 Å². The second-order valence-corrected chi connectivity index (χ2v) is 4.43. The van der Waals surface area contributed by atoms with Gasteiger partial charge in [0.25, 0.3) is 0 Å². The molecule has 1 amide bonds. The topological polar surface area (TPSA) is 55.4 Å². The maximum absolute atomic E-state index is 11.7. The van der Waals surface area contributed by atoms with Gasteiger partial charge < -0.3 is 10.1 Å². The molecular weight excluding hydrogens is 194 g/mol. The zero-order valence-electron chi connectivity index (χ0n) is 8.99. The third-order valence-electron chi connectivity index (χ3n) is 3.59. The first-order chi connectivity index (χ1) is 7.24. The van der Waals surface area contributed by atoms with Crippen LogP contribution in [0.4, 0.5) is 0 Å². The van der Waals surface area contributed by atoms with Gasteiger partial charge in [0.2, 0.25) is 5.91 Å². The van der Waals surface area contributed by atoms with Crippen molar-refractivity contribution in [3.63, 3.8) is 0 Å². The van der Waals surface area contributed by atoms with Crippen LogP contribution in [0, 0.1) is 17.8 Å². The molecule has 0 aromatic heterocycles. The highest BCUT2D eigenvalue weighted by Gasteiger charge is 2.54. The summed E-state index contributed by atoms with van der Waals surface area (Å²) in [5, 5.41) is 2.64. The molecule has 0 aliphatic heterocycles. The molecule has 84 valence electrons. The van der Waals surface area contributed by atoms with Crippen LogP contribution in [0.1, 0.15) is 25.7 Å². The van der Waals surface area contributed by atoms with Gasteiger partial charge in [-0.15, -0.1) is 0 Å². The van der Waals surface area contributed by atoms with Gasteiger partial charge in [-0.1, -0.05) is 12.8 Å². The predicted molar refractivity (Wildman–Crippen MR) is 54.0 cm³/mol. The van der Waals surface area contributed by atoms with Gasteiger partial charge >= 0.3 is 5.97 Å². The second-order valence-electron chi connectivity index (χ2n) is 4.43. The summed E-state index contributed by atoms with van der Waals surface area (Å²) in [5.74, 6) is 1.02. The maximum atomic E-state index is 11.7. The average molecular weight is 211 g/mol. The highest BCUT2D eigenvalue weighted by molar-refractivity contribution is 5.85. The maximum Gasteiger partial charge on any atom is 0.325 e. The van der Waals surface area contributed by atoms with Crippen molar-refractivity contribution in [3.05, 3.63) is 0 Å². The van der Waals surface area contributed by atoms with E-state index in [0.29, 0.717) is 11.8 Å². The van der Waals surface area contributed by atoms with E-state index in [-0.39, 0.29) is 24.3 Å². The van der Waals surface area contributed by atoms with E-state index in [2.05, 4.69) is 10.1 Å². The summed E-state index contributed by atoms with van der Waals surface area (Å²) in [4.78, 5) is 22.5. The van der Waals surface area contributed by atoms with Gasteiger partial charge in [-0.3, -0.25) is 9.59 Å². The van der Waals surface area contributed by atoms with E-state index in [1.165, 1.54) is 32.8 Å². The van der Waals surface area contributed by atoms with Crippen LogP contribution in [0.3, 0.4) is 0 Å². The Morgan fingerprint density at radius 1 is 1.27 bits per heavy atom. The molecule has 2 aliphatic carbocycles. The smallest absolute Gasteiger partial charge is 0.325 e. The number of hydrogen-bond donors (Lipinski definition) is 1. The summed E-state index contributed by atoms with van der Waals surface area (Å²) in [6.45, 7) is 0.00523. The van der Waals surface area contributed by atoms with Crippen LogP contribution in [-0.4, -0.2) is 25.5 Å². The first kappa shape index (κ1) is 10.5. The molecule has 2 rings (SSSR count). The third kappa shape index (κ3) is 2.13. The molecule has 4 nitrogen and oxygen atoms in total. The summed E-state index contributed by atoms with van der Waals surface area (Å²) in [6, 6.07) is 0. The summed E-state index contributed by atoms with van der Waals surface area (Å²) in [5.41, 5.74) is 0. The number of ether oxygens (including phenoxy) is 1. The van der Waals surface area contributed by atoms with Crippen LogP contribution in [0.2, 0.25) is 0 Å². The molecule has 0 aromatic rings. The van der Waals surface area contributed by atoms with Gasteiger partial charge in [-0.2, -0.15) is 0 Å². The van der Waals surface area contributed by atoms with Crippen molar-refractivity contribution in [3.8, 4) is 0 Å². The Morgan fingerprint density at radius 3 is 2.40 bits per heavy atom. The third-order valence-corrected chi connectivity index (χ3v) is 3.59. The van der Waals surface area contributed by atoms with Crippen molar-refractivity contribution in [1.82, 2.24) is 5.32 Å². The van der Waals surface area contributed by atoms with Gasteiger partial charge in [-0.25, -0.2) is 0 Å². The lowest BCUT2D eigenvalue weighted by molar-refractivity contribution is -0.141. The van der Waals surface area contributed by atoms with Crippen LogP contribution in [-0.2, 0) is 14.3 Å². The lowest BCUT2D eigenvalue weighted by atomic mass is 10.0. The minimum absolute atomic E-state index is 0.00523. The zero-order chi connectivity index (χ0) is 10.8. The fraction of sp³-hybridized carbons (Fsp3) is 0.818. The van der Waals surface area contributed by atoms with E-state index in [4.69, 9.17) is 0 Å². The first-order valence-electron chi connectivity index (χ1n) is 5.58. The van der Waals surface area contributed by atoms with Crippen LogP contribution >= 0.6 is 0 Å².